The number of anilines is 2. The predicted molar refractivity (Wildman–Crippen MR) is 189 cm³/mol. The summed E-state index contributed by atoms with van der Waals surface area (Å²) < 4.78 is 19.6. The van der Waals surface area contributed by atoms with Gasteiger partial charge in [0.1, 0.15) is 34.5 Å². The summed E-state index contributed by atoms with van der Waals surface area (Å²) in [5, 5.41) is 31.8. The molecule has 15 nitrogen and oxygen atoms in total. The summed E-state index contributed by atoms with van der Waals surface area (Å²) >= 11 is 0. The first kappa shape index (κ1) is 43.4. The third kappa shape index (κ3) is 13.7. The summed E-state index contributed by atoms with van der Waals surface area (Å²) in [6.45, 7) is 10.4. The number of aryl methyl sites for hydroxylation is 1. The van der Waals surface area contributed by atoms with Crippen LogP contribution in [0.3, 0.4) is 0 Å². The standard InChI is InChI=1S/C16H19NO5.C11H18O5.C9H11NO3/c1-4-21-15(19)6-5-10-9(2)11-7-12(17-3)13(18)8-14(11)22-16(10)20;1-4-15-10(13)7-6-9(8(3)12)11(14)16-5-2;1-6(11)10(2)8-4-3-7(12)5-9(8)13/h7-8,17-18H,4-6H2,1-3H3;9H,4-7H2,1-3H3;3-5,12-13H,1-2H3. The minimum Gasteiger partial charge on any atom is -0.508 e. The van der Waals surface area contributed by atoms with Crippen LogP contribution in [0.25, 0.3) is 11.0 Å². The highest BCUT2D eigenvalue weighted by Crippen LogP contribution is 2.31. The minimum atomic E-state index is -0.857. The molecule has 0 spiro atoms. The lowest BCUT2D eigenvalue weighted by Gasteiger charge is -2.16. The zero-order valence-corrected chi connectivity index (χ0v) is 30.3. The van der Waals surface area contributed by atoms with Crippen LogP contribution in [0.4, 0.5) is 11.4 Å². The quantitative estimate of drug-likeness (QED) is 0.0628. The third-order valence-electron chi connectivity index (χ3n) is 7.35. The van der Waals surface area contributed by atoms with E-state index in [1.807, 2.05) is 0 Å². The van der Waals surface area contributed by atoms with E-state index in [1.165, 1.54) is 43.0 Å². The maximum atomic E-state index is 12.1. The number of hydrogen-bond acceptors (Lipinski definition) is 14. The molecule has 0 radical (unpaired) electrons. The van der Waals surface area contributed by atoms with Gasteiger partial charge in [0.15, 0.2) is 0 Å². The normalized spacial score (nSPS) is 10.7. The fourth-order valence-electron chi connectivity index (χ4n) is 4.56. The number of aromatic hydroxyl groups is 3. The summed E-state index contributed by atoms with van der Waals surface area (Å²) in [4.78, 5) is 69.4. The van der Waals surface area contributed by atoms with Gasteiger partial charge >= 0.3 is 23.5 Å². The molecule has 3 aromatic rings. The monoisotopic (exact) mass is 716 g/mol. The second-order valence-corrected chi connectivity index (χ2v) is 10.9. The summed E-state index contributed by atoms with van der Waals surface area (Å²) in [5.74, 6) is -2.78. The van der Waals surface area contributed by atoms with Gasteiger partial charge in [-0.3, -0.25) is 24.0 Å². The Hall–Kier alpha value is -5.60. The summed E-state index contributed by atoms with van der Waals surface area (Å²) in [5.41, 5.74) is 1.94. The Labute approximate surface area is 296 Å². The lowest BCUT2D eigenvalue weighted by molar-refractivity contribution is -0.152. The molecular weight excluding hydrogens is 668 g/mol. The molecule has 0 saturated carbocycles. The lowest BCUT2D eigenvalue weighted by Crippen LogP contribution is -2.25. The number of ketones is 1. The molecule has 2 aromatic carbocycles. The number of esters is 3. The zero-order valence-electron chi connectivity index (χ0n) is 30.3. The molecule has 0 aliphatic heterocycles. The molecule has 1 aromatic heterocycles. The molecule has 1 atom stereocenters. The lowest BCUT2D eigenvalue weighted by atomic mass is 9.99. The van der Waals surface area contributed by atoms with E-state index < -0.39 is 23.5 Å². The molecule has 3 rings (SSSR count). The molecule has 4 N–H and O–H groups in total. The number of amides is 1. The molecule has 0 saturated heterocycles. The van der Waals surface area contributed by atoms with Crippen LogP contribution in [0.2, 0.25) is 0 Å². The number of rotatable bonds is 13. The van der Waals surface area contributed by atoms with E-state index in [9.17, 15) is 39.0 Å². The first-order chi connectivity index (χ1) is 24.0. The number of phenols is 3. The summed E-state index contributed by atoms with van der Waals surface area (Å²) in [7, 11) is 3.24. The van der Waals surface area contributed by atoms with E-state index in [4.69, 9.17) is 23.7 Å². The Kier molecular flexibility index (Phi) is 18.3. The molecule has 280 valence electrons. The van der Waals surface area contributed by atoms with Crippen molar-refractivity contribution in [2.45, 2.75) is 67.2 Å². The van der Waals surface area contributed by atoms with Crippen LogP contribution in [-0.4, -0.2) is 78.8 Å². The number of nitrogens with one attached hydrogen (secondary N) is 1. The predicted octanol–water partition coefficient (Wildman–Crippen LogP) is 4.52. The number of hydrogen-bond donors (Lipinski definition) is 4. The number of ether oxygens (including phenoxy) is 3. The van der Waals surface area contributed by atoms with Crippen LogP contribution in [0, 0.1) is 12.8 Å². The molecular formula is C36H48N2O13. The van der Waals surface area contributed by atoms with Gasteiger partial charge in [-0.05, 0) is 71.2 Å². The maximum Gasteiger partial charge on any atom is 0.339 e. The number of fused-ring (bicyclic) bond motifs is 1. The van der Waals surface area contributed by atoms with Gasteiger partial charge in [0.05, 0.1) is 31.2 Å². The molecule has 0 aliphatic rings. The Morgan fingerprint density at radius 1 is 0.863 bits per heavy atom. The van der Waals surface area contributed by atoms with Crippen molar-refractivity contribution < 1.29 is 57.9 Å². The van der Waals surface area contributed by atoms with E-state index in [0.717, 1.165) is 10.9 Å². The number of phenolic OH excluding ortho intramolecular Hbond substituents is 3. The van der Waals surface area contributed by atoms with Crippen LogP contribution >= 0.6 is 0 Å². The van der Waals surface area contributed by atoms with Crippen molar-refractivity contribution >= 4 is 51.9 Å². The molecule has 0 bridgehead atoms. The highest BCUT2D eigenvalue weighted by molar-refractivity contribution is 5.98. The number of Topliss-reactive ketones (excluding diaryl/α,β-unsaturated/α-hetero) is 1. The van der Waals surface area contributed by atoms with Gasteiger partial charge in [-0.15, -0.1) is 0 Å². The summed E-state index contributed by atoms with van der Waals surface area (Å²) in [6.07, 6.45) is 0.588. The average molecular weight is 717 g/mol. The number of nitrogens with zero attached hydrogens (tertiary/aromatic N) is 1. The van der Waals surface area contributed by atoms with Gasteiger partial charge in [0.2, 0.25) is 5.91 Å². The van der Waals surface area contributed by atoms with E-state index in [1.54, 1.807) is 47.9 Å². The van der Waals surface area contributed by atoms with Gasteiger partial charge in [-0.25, -0.2) is 4.79 Å². The van der Waals surface area contributed by atoms with Crippen LogP contribution in [0.1, 0.15) is 65.0 Å². The van der Waals surface area contributed by atoms with Crippen LogP contribution in [-0.2, 0) is 44.6 Å². The number of benzene rings is 2. The maximum absolute atomic E-state index is 12.1. The van der Waals surface area contributed by atoms with E-state index in [0.29, 0.717) is 35.7 Å². The summed E-state index contributed by atoms with van der Waals surface area (Å²) in [6, 6.07) is 7.21. The molecule has 51 heavy (non-hydrogen) atoms. The fraction of sp³-hybridized carbons (Fsp3) is 0.444. The van der Waals surface area contributed by atoms with Crippen LogP contribution in [0.15, 0.2) is 39.5 Å². The second kappa shape index (κ2) is 21.5. The van der Waals surface area contributed by atoms with Crippen LogP contribution < -0.4 is 15.8 Å². The van der Waals surface area contributed by atoms with Crippen molar-refractivity contribution in [2.24, 2.45) is 5.92 Å². The fourth-order valence-corrected chi connectivity index (χ4v) is 4.56. The van der Waals surface area contributed by atoms with Gasteiger partial charge in [-0.2, -0.15) is 0 Å². The van der Waals surface area contributed by atoms with Gasteiger partial charge in [0.25, 0.3) is 0 Å². The van der Waals surface area contributed by atoms with Crippen LogP contribution in [0.5, 0.6) is 17.2 Å². The molecule has 0 aliphatic carbocycles. The minimum absolute atomic E-state index is 0.0109. The number of carbonyl (C=O) groups is 5. The van der Waals surface area contributed by atoms with E-state index >= 15 is 0 Å². The Balaban J connectivity index is 0.000000399. The highest BCUT2D eigenvalue weighted by Gasteiger charge is 2.25. The third-order valence-corrected chi connectivity index (χ3v) is 7.35. The van der Waals surface area contributed by atoms with Crippen molar-refractivity contribution in [3.05, 3.63) is 51.9 Å². The first-order valence-electron chi connectivity index (χ1n) is 16.2. The SMILES string of the molecule is CC(=O)N(C)c1ccc(O)cc1O.CCOC(=O)CCC(C(C)=O)C(=O)OCC.CCOC(=O)CCc1c(C)c2cc(NC)c(O)cc2oc1=O. The topological polar surface area (TPSA) is 219 Å². The molecule has 15 heteroatoms. The molecule has 1 heterocycles. The van der Waals surface area contributed by atoms with Crippen molar-refractivity contribution in [1.29, 1.82) is 0 Å². The van der Waals surface area contributed by atoms with E-state index in [2.05, 4.69) is 5.32 Å². The first-order valence-corrected chi connectivity index (χ1v) is 16.2. The second-order valence-electron chi connectivity index (χ2n) is 10.9. The van der Waals surface area contributed by atoms with Gasteiger partial charge < -0.3 is 44.2 Å². The Bertz CT molecular complexity index is 1730. The largest absolute Gasteiger partial charge is 0.508 e. The van der Waals surface area contributed by atoms with Crippen molar-refractivity contribution in [2.75, 3.05) is 44.1 Å². The van der Waals surface area contributed by atoms with Gasteiger partial charge in [-0.1, -0.05) is 0 Å². The highest BCUT2D eigenvalue weighted by atomic mass is 16.5. The van der Waals surface area contributed by atoms with Crippen molar-refractivity contribution in [3.63, 3.8) is 0 Å². The number of carbonyl (C=O) groups excluding carboxylic acids is 5. The zero-order chi connectivity index (χ0) is 38.8. The molecule has 1 amide bonds. The average Bonchev–Trinajstić information content (AvgIpc) is 3.05. The Morgan fingerprint density at radius 2 is 1.45 bits per heavy atom. The molecule has 1 unspecified atom stereocenters. The molecule has 0 fully saturated rings. The van der Waals surface area contributed by atoms with E-state index in [-0.39, 0.29) is 67.2 Å². The van der Waals surface area contributed by atoms with Crippen molar-refractivity contribution in [1.82, 2.24) is 0 Å². The van der Waals surface area contributed by atoms with Gasteiger partial charge in [0, 0.05) is 56.9 Å². The Morgan fingerprint density at radius 3 is 1.96 bits per heavy atom. The van der Waals surface area contributed by atoms with Crippen molar-refractivity contribution in [3.8, 4) is 17.2 Å². The smallest absolute Gasteiger partial charge is 0.339 e.